The maximum absolute atomic E-state index is 11.6. The van der Waals surface area contributed by atoms with Gasteiger partial charge in [0, 0.05) is 28.7 Å². The summed E-state index contributed by atoms with van der Waals surface area (Å²) >= 11 is 4.65. The van der Waals surface area contributed by atoms with Gasteiger partial charge in [0.1, 0.15) is 10.0 Å². The van der Waals surface area contributed by atoms with Crippen LogP contribution in [0.2, 0.25) is 0 Å². The van der Waals surface area contributed by atoms with Crippen molar-refractivity contribution in [1.29, 1.82) is 0 Å². The number of halogens is 1. The molecule has 29 heavy (non-hydrogen) atoms. The van der Waals surface area contributed by atoms with Gasteiger partial charge in [-0.3, -0.25) is 4.79 Å². The number of thiophene rings is 1. The number of benzene rings is 1. The largest absolute Gasteiger partial charge is 0.364 e. The fourth-order valence-corrected chi connectivity index (χ4v) is 5.06. The average molecular weight is 494 g/mol. The van der Waals surface area contributed by atoms with Crippen LogP contribution in [0, 0.1) is 0 Å². The fraction of sp³-hybridized carbons (Fsp3) is 0.167. The predicted octanol–water partition coefficient (Wildman–Crippen LogP) is 3.55. The lowest BCUT2D eigenvalue weighted by Gasteiger charge is -2.10. The van der Waals surface area contributed by atoms with Crippen LogP contribution in [0.5, 0.6) is 0 Å². The van der Waals surface area contributed by atoms with Crippen LogP contribution in [-0.4, -0.2) is 30.5 Å². The van der Waals surface area contributed by atoms with E-state index in [9.17, 15) is 13.2 Å². The summed E-state index contributed by atoms with van der Waals surface area (Å²) in [5.41, 5.74) is 2.53. The molecule has 1 aliphatic rings. The average Bonchev–Trinajstić information content (AvgIpc) is 3.27. The first-order chi connectivity index (χ1) is 13.8. The normalized spacial score (nSPS) is 13.1. The second-order valence-electron chi connectivity index (χ2n) is 6.46. The number of carbonyl (C=O) groups excluding carboxylic acids is 1. The Bertz CT molecular complexity index is 1210. The van der Waals surface area contributed by atoms with E-state index in [2.05, 4.69) is 41.8 Å². The minimum absolute atomic E-state index is 0.0175. The van der Waals surface area contributed by atoms with Gasteiger partial charge < -0.3 is 16.0 Å². The molecule has 0 radical (unpaired) electrons. The Morgan fingerprint density at radius 3 is 2.86 bits per heavy atom. The third-order valence-corrected chi connectivity index (χ3v) is 7.65. The first-order valence-corrected chi connectivity index (χ1v) is 12.0. The van der Waals surface area contributed by atoms with E-state index in [1.54, 1.807) is 18.3 Å². The van der Waals surface area contributed by atoms with E-state index in [-0.39, 0.29) is 5.91 Å². The van der Waals surface area contributed by atoms with Crippen molar-refractivity contribution in [3.05, 3.63) is 51.4 Å². The van der Waals surface area contributed by atoms with Crippen LogP contribution < -0.4 is 16.0 Å². The van der Waals surface area contributed by atoms with Crippen LogP contribution in [0.25, 0.3) is 0 Å². The molecule has 4 rings (SSSR count). The van der Waals surface area contributed by atoms with Crippen LogP contribution in [-0.2, 0) is 27.6 Å². The number of hydrogen-bond donors (Lipinski definition) is 3. The van der Waals surface area contributed by atoms with Crippen LogP contribution in [0.3, 0.4) is 0 Å². The Morgan fingerprint density at radius 1 is 1.28 bits per heavy atom. The minimum atomic E-state index is -3.20. The van der Waals surface area contributed by atoms with E-state index >= 15 is 0 Å². The molecule has 0 fully saturated rings. The van der Waals surface area contributed by atoms with E-state index in [0.717, 1.165) is 21.8 Å². The van der Waals surface area contributed by atoms with E-state index < -0.39 is 9.84 Å². The Balaban J connectivity index is 1.47. The SMILES string of the molecule is CS(=O)(=O)c1ccc(CNc2nc(Nc3ccc4c(c3)CC(=O)N4)ncc2Br)s1. The Hall–Kier alpha value is -2.50. The van der Waals surface area contributed by atoms with Gasteiger partial charge in [0.2, 0.25) is 11.9 Å². The molecule has 1 aliphatic heterocycles. The molecule has 3 N–H and O–H groups in total. The number of anilines is 4. The van der Waals surface area contributed by atoms with Gasteiger partial charge in [-0.25, -0.2) is 13.4 Å². The molecule has 2 aromatic heterocycles. The molecule has 150 valence electrons. The van der Waals surface area contributed by atoms with Crippen LogP contribution >= 0.6 is 27.3 Å². The summed E-state index contributed by atoms with van der Waals surface area (Å²) in [5.74, 6) is 0.960. The number of nitrogens with zero attached hydrogens (tertiary/aromatic N) is 2. The fourth-order valence-electron chi connectivity index (χ4n) is 2.81. The zero-order valence-electron chi connectivity index (χ0n) is 15.2. The lowest BCUT2D eigenvalue weighted by molar-refractivity contribution is -0.115. The van der Waals surface area contributed by atoms with Gasteiger partial charge in [-0.15, -0.1) is 11.3 Å². The number of fused-ring (bicyclic) bond motifs is 1. The Labute approximate surface area is 179 Å². The highest BCUT2D eigenvalue weighted by atomic mass is 79.9. The highest BCUT2D eigenvalue weighted by Crippen LogP contribution is 2.28. The van der Waals surface area contributed by atoms with Gasteiger partial charge in [-0.05, 0) is 51.8 Å². The summed E-state index contributed by atoms with van der Waals surface area (Å²) in [4.78, 5) is 21.1. The van der Waals surface area contributed by atoms with E-state index in [0.29, 0.717) is 33.4 Å². The predicted molar refractivity (Wildman–Crippen MR) is 117 cm³/mol. The highest BCUT2D eigenvalue weighted by Gasteiger charge is 2.18. The number of carbonyl (C=O) groups is 1. The Kier molecular flexibility index (Phi) is 5.28. The molecule has 0 spiro atoms. The first-order valence-electron chi connectivity index (χ1n) is 8.53. The number of rotatable bonds is 6. The molecule has 1 aromatic carbocycles. The second kappa shape index (κ2) is 7.73. The molecule has 8 nitrogen and oxygen atoms in total. The first kappa shape index (κ1) is 19.8. The molecule has 3 heterocycles. The molecule has 0 saturated heterocycles. The van der Waals surface area contributed by atoms with Crippen molar-refractivity contribution >= 4 is 66.2 Å². The van der Waals surface area contributed by atoms with E-state index in [4.69, 9.17) is 0 Å². The molecule has 0 aliphatic carbocycles. The van der Waals surface area contributed by atoms with E-state index in [1.807, 2.05) is 18.2 Å². The van der Waals surface area contributed by atoms with Crippen molar-refractivity contribution in [1.82, 2.24) is 9.97 Å². The molecular weight excluding hydrogens is 478 g/mol. The van der Waals surface area contributed by atoms with Crippen molar-refractivity contribution in [2.75, 3.05) is 22.2 Å². The highest BCUT2D eigenvalue weighted by molar-refractivity contribution is 9.10. The van der Waals surface area contributed by atoms with Gasteiger partial charge in [-0.1, -0.05) is 0 Å². The molecule has 1 amide bonds. The van der Waals surface area contributed by atoms with Crippen molar-refractivity contribution in [3.63, 3.8) is 0 Å². The molecule has 0 saturated carbocycles. The maximum atomic E-state index is 11.6. The van der Waals surface area contributed by atoms with Crippen molar-refractivity contribution in [3.8, 4) is 0 Å². The van der Waals surface area contributed by atoms with Crippen molar-refractivity contribution in [2.24, 2.45) is 0 Å². The van der Waals surface area contributed by atoms with Gasteiger partial charge in [-0.2, -0.15) is 4.98 Å². The second-order valence-corrected chi connectivity index (χ2v) is 10.7. The van der Waals surface area contributed by atoms with Crippen LogP contribution in [0.15, 0.2) is 45.2 Å². The minimum Gasteiger partial charge on any atom is -0.364 e. The van der Waals surface area contributed by atoms with Gasteiger partial charge in [0.15, 0.2) is 9.84 Å². The number of hydrogen-bond acceptors (Lipinski definition) is 8. The summed E-state index contributed by atoms with van der Waals surface area (Å²) < 4.78 is 24.2. The van der Waals surface area contributed by atoms with Gasteiger partial charge in [0.25, 0.3) is 0 Å². The zero-order chi connectivity index (χ0) is 20.6. The van der Waals surface area contributed by atoms with Crippen LogP contribution in [0.4, 0.5) is 23.1 Å². The standard InChI is InChI=1S/C18H16BrN5O3S2/c1-29(26,27)16-5-3-12(28-16)8-20-17-13(19)9-21-18(24-17)22-11-2-4-14-10(6-11)7-15(25)23-14/h2-6,9H,7-8H2,1H3,(H,23,25)(H2,20,21,22,24). The lowest BCUT2D eigenvalue weighted by Crippen LogP contribution is -2.04. The van der Waals surface area contributed by atoms with Crippen molar-refractivity contribution < 1.29 is 13.2 Å². The summed E-state index contributed by atoms with van der Waals surface area (Å²) in [6, 6.07) is 8.97. The van der Waals surface area contributed by atoms with E-state index in [1.165, 1.54) is 17.6 Å². The summed E-state index contributed by atoms with van der Waals surface area (Å²) in [7, 11) is -3.20. The molecule has 11 heteroatoms. The molecule has 0 atom stereocenters. The summed E-state index contributed by atoms with van der Waals surface area (Å²) in [5, 5.41) is 9.13. The van der Waals surface area contributed by atoms with Crippen molar-refractivity contribution in [2.45, 2.75) is 17.2 Å². The number of amides is 1. The lowest BCUT2D eigenvalue weighted by atomic mass is 10.1. The topological polar surface area (TPSA) is 113 Å². The monoisotopic (exact) mass is 493 g/mol. The molecule has 0 bridgehead atoms. The molecular formula is C18H16BrN5O3S2. The third-order valence-electron chi connectivity index (χ3n) is 4.16. The number of sulfone groups is 1. The summed E-state index contributed by atoms with van der Waals surface area (Å²) in [6.07, 6.45) is 3.18. The number of aromatic nitrogens is 2. The molecule has 3 aromatic rings. The zero-order valence-corrected chi connectivity index (χ0v) is 18.4. The quantitative estimate of drug-likeness (QED) is 0.480. The Morgan fingerprint density at radius 2 is 2.10 bits per heavy atom. The summed E-state index contributed by atoms with van der Waals surface area (Å²) in [6.45, 7) is 0.432. The smallest absolute Gasteiger partial charge is 0.229 e. The third kappa shape index (κ3) is 4.57. The molecule has 0 unspecified atom stereocenters. The van der Waals surface area contributed by atoms with Crippen LogP contribution in [0.1, 0.15) is 10.4 Å². The van der Waals surface area contributed by atoms with Gasteiger partial charge in [0.05, 0.1) is 17.4 Å². The number of nitrogens with one attached hydrogen (secondary N) is 3. The van der Waals surface area contributed by atoms with Gasteiger partial charge >= 0.3 is 0 Å². The maximum Gasteiger partial charge on any atom is 0.229 e.